The molecule has 0 radical (unpaired) electrons. The summed E-state index contributed by atoms with van der Waals surface area (Å²) in [5, 5.41) is 10.2. The van der Waals surface area contributed by atoms with Crippen molar-refractivity contribution in [1.29, 1.82) is 0 Å². The van der Waals surface area contributed by atoms with Gasteiger partial charge in [0.1, 0.15) is 0 Å². The van der Waals surface area contributed by atoms with Gasteiger partial charge < -0.3 is 9.30 Å². The molecule has 4 rings (SSSR count). The van der Waals surface area contributed by atoms with E-state index in [1.165, 1.54) is 4.31 Å². The van der Waals surface area contributed by atoms with Crippen LogP contribution < -0.4 is 0 Å². The lowest BCUT2D eigenvalue weighted by molar-refractivity contribution is 0.0730. The Morgan fingerprint density at radius 2 is 1.71 bits per heavy atom. The molecule has 0 aliphatic carbocycles. The first kappa shape index (κ1) is 22.3. The van der Waals surface area contributed by atoms with Crippen molar-refractivity contribution in [2.24, 2.45) is 0 Å². The summed E-state index contributed by atoms with van der Waals surface area (Å²) in [5.74, 6) is 1.47. The Morgan fingerprint density at radius 1 is 1.03 bits per heavy atom. The first-order valence-corrected chi connectivity index (χ1v) is 12.8. The number of nitrogens with zero attached hydrogens (tertiary/aromatic N) is 4. The molecule has 31 heavy (non-hydrogen) atoms. The molecule has 1 aliphatic rings. The van der Waals surface area contributed by atoms with E-state index in [1.54, 1.807) is 36.0 Å². The Labute approximate surface area is 191 Å². The number of halogens is 1. The van der Waals surface area contributed by atoms with Gasteiger partial charge in [-0.15, -0.1) is 10.2 Å². The number of sulfonamides is 1. The highest BCUT2D eigenvalue weighted by atomic mass is 35.5. The van der Waals surface area contributed by atoms with E-state index in [0.717, 1.165) is 27.9 Å². The van der Waals surface area contributed by atoms with Gasteiger partial charge in [0.15, 0.2) is 11.0 Å². The van der Waals surface area contributed by atoms with Crippen molar-refractivity contribution in [2.75, 3.05) is 26.3 Å². The van der Waals surface area contributed by atoms with Gasteiger partial charge in [-0.3, -0.25) is 0 Å². The van der Waals surface area contributed by atoms with E-state index in [-0.39, 0.29) is 4.90 Å². The monoisotopic (exact) mass is 478 g/mol. The molecule has 0 spiro atoms. The molecular weight excluding hydrogens is 456 g/mol. The first-order chi connectivity index (χ1) is 15.0. The van der Waals surface area contributed by atoms with E-state index < -0.39 is 10.0 Å². The van der Waals surface area contributed by atoms with E-state index in [9.17, 15) is 8.42 Å². The largest absolute Gasteiger partial charge is 0.379 e. The average molecular weight is 479 g/mol. The molecule has 10 heteroatoms. The summed E-state index contributed by atoms with van der Waals surface area (Å²) in [6, 6.07) is 14.6. The van der Waals surface area contributed by atoms with Gasteiger partial charge in [-0.05, 0) is 48.9 Å². The molecule has 1 fully saturated rings. The molecular formula is C21H23ClN4O3S2. The van der Waals surface area contributed by atoms with Crippen LogP contribution >= 0.6 is 23.4 Å². The molecule has 3 aromatic rings. The molecule has 7 nitrogen and oxygen atoms in total. The maximum atomic E-state index is 12.8. The molecule has 2 heterocycles. The van der Waals surface area contributed by atoms with E-state index in [1.807, 2.05) is 35.8 Å². The molecule has 1 aromatic heterocycles. The van der Waals surface area contributed by atoms with Crippen LogP contribution in [-0.4, -0.2) is 53.8 Å². The van der Waals surface area contributed by atoms with Gasteiger partial charge in [0.05, 0.1) is 18.1 Å². The smallest absolute Gasteiger partial charge is 0.243 e. The molecule has 0 bridgehead atoms. The molecule has 0 unspecified atom stereocenters. The number of morpholine rings is 1. The number of hydrogen-bond acceptors (Lipinski definition) is 6. The highest BCUT2D eigenvalue weighted by Crippen LogP contribution is 2.28. The lowest BCUT2D eigenvalue weighted by Gasteiger charge is -2.26. The number of hydrogen-bond donors (Lipinski definition) is 0. The van der Waals surface area contributed by atoms with Crippen LogP contribution in [0.3, 0.4) is 0 Å². The fraction of sp³-hybridized carbons (Fsp3) is 0.333. The number of thioether (sulfide) groups is 1. The van der Waals surface area contributed by atoms with Crippen molar-refractivity contribution in [3.8, 4) is 11.4 Å². The van der Waals surface area contributed by atoms with Gasteiger partial charge in [0.25, 0.3) is 0 Å². The van der Waals surface area contributed by atoms with Gasteiger partial charge in [0, 0.05) is 36.0 Å². The Bertz CT molecular complexity index is 1130. The van der Waals surface area contributed by atoms with E-state index in [4.69, 9.17) is 16.3 Å². The number of benzene rings is 2. The van der Waals surface area contributed by atoms with Crippen LogP contribution in [0, 0.1) is 0 Å². The molecule has 0 amide bonds. The standard InChI is InChI=1S/C21H23ClN4O3S2/c1-2-26-20(23-24-21(26)30-15-16-3-7-18(22)8-4-16)17-5-9-19(10-6-17)31(27,28)25-11-13-29-14-12-25/h3-10H,2,11-15H2,1H3. The summed E-state index contributed by atoms with van der Waals surface area (Å²) in [7, 11) is -3.52. The van der Waals surface area contributed by atoms with Gasteiger partial charge in [0.2, 0.25) is 10.0 Å². The van der Waals surface area contributed by atoms with Crippen molar-refractivity contribution in [1.82, 2.24) is 19.1 Å². The molecule has 0 atom stereocenters. The van der Waals surface area contributed by atoms with Crippen molar-refractivity contribution in [3.05, 3.63) is 59.1 Å². The zero-order chi connectivity index (χ0) is 21.8. The zero-order valence-corrected chi connectivity index (χ0v) is 19.5. The average Bonchev–Trinajstić information content (AvgIpc) is 3.22. The molecule has 1 saturated heterocycles. The van der Waals surface area contributed by atoms with Crippen LogP contribution in [0.1, 0.15) is 12.5 Å². The molecule has 0 N–H and O–H groups in total. The summed E-state index contributed by atoms with van der Waals surface area (Å²) in [4.78, 5) is 0.276. The van der Waals surface area contributed by atoms with Gasteiger partial charge in [-0.1, -0.05) is 35.5 Å². The van der Waals surface area contributed by atoms with E-state index in [2.05, 4.69) is 10.2 Å². The maximum Gasteiger partial charge on any atom is 0.243 e. The molecule has 1 aliphatic heterocycles. The third kappa shape index (κ3) is 4.96. The predicted molar refractivity (Wildman–Crippen MR) is 122 cm³/mol. The predicted octanol–water partition coefficient (Wildman–Crippen LogP) is 3.93. The minimum atomic E-state index is -3.52. The van der Waals surface area contributed by atoms with Crippen molar-refractivity contribution in [2.45, 2.75) is 29.3 Å². The Morgan fingerprint density at radius 3 is 2.35 bits per heavy atom. The minimum absolute atomic E-state index is 0.276. The summed E-state index contributed by atoms with van der Waals surface area (Å²) in [6.45, 7) is 4.35. The van der Waals surface area contributed by atoms with Crippen LogP contribution in [0.4, 0.5) is 0 Å². The second kappa shape index (κ2) is 9.70. The second-order valence-electron chi connectivity index (χ2n) is 7.01. The number of aromatic nitrogens is 3. The summed E-state index contributed by atoms with van der Waals surface area (Å²) < 4.78 is 34.4. The molecule has 2 aromatic carbocycles. The lowest BCUT2D eigenvalue weighted by Crippen LogP contribution is -2.40. The van der Waals surface area contributed by atoms with Crippen molar-refractivity contribution in [3.63, 3.8) is 0 Å². The first-order valence-electron chi connectivity index (χ1n) is 9.98. The van der Waals surface area contributed by atoms with Gasteiger partial charge >= 0.3 is 0 Å². The Kier molecular flexibility index (Phi) is 6.98. The topological polar surface area (TPSA) is 77.3 Å². The SMILES string of the molecule is CCn1c(SCc2ccc(Cl)cc2)nnc1-c1ccc(S(=O)(=O)N2CCOCC2)cc1. The molecule has 0 saturated carbocycles. The third-order valence-corrected chi connectivity index (χ3v) is 8.24. The fourth-order valence-electron chi connectivity index (χ4n) is 3.33. The molecule has 164 valence electrons. The third-order valence-electron chi connectivity index (χ3n) is 5.03. The van der Waals surface area contributed by atoms with E-state index in [0.29, 0.717) is 37.9 Å². The second-order valence-corrected chi connectivity index (χ2v) is 10.3. The van der Waals surface area contributed by atoms with Crippen LogP contribution in [0.15, 0.2) is 58.6 Å². The van der Waals surface area contributed by atoms with Crippen LogP contribution in [0.2, 0.25) is 5.02 Å². The van der Waals surface area contributed by atoms with Crippen LogP contribution in [0.25, 0.3) is 11.4 Å². The summed E-state index contributed by atoms with van der Waals surface area (Å²) >= 11 is 7.56. The minimum Gasteiger partial charge on any atom is -0.379 e. The van der Waals surface area contributed by atoms with Crippen LogP contribution in [-0.2, 0) is 27.1 Å². The van der Waals surface area contributed by atoms with Crippen molar-refractivity contribution < 1.29 is 13.2 Å². The van der Waals surface area contributed by atoms with Crippen LogP contribution in [0.5, 0.6) is 0 Å². The van der Waals surface area contributed by atoms with Gasteiger partial charge in [-0.2, -0.15) is 4.31 Å². The zero-order valence-electron chi connectivity index (χ0n) is 17.1. The number of ether oxygens (including phenoxy) is 1. The Hall–Kier alpha value is -1.91. The highest BCUT2D eigenvalue weighted by molar-refractivity contribution is 7.98. The van der Waals surface area contributed by atoms with E-state index >= 15 is 0 Å². The normalized spacial score (nSPS) is 15.3. The summed E-state index contributed by atoms with van der Waals surface area (Å²) in [5.41, 5.74) is 1.98. The Balaban J connectivity index is 1.52. The fourth-order valence-corrected chi connectivity index (χ4v) is 5.83. The van der Waals surface area contributed by atoms with Crippen molar-refractivity contribution >= 4 is 33.4 Å². The summed E-state index contributed by atoms with van der Waals surface area (Å²) in [6.07, 6.45) is 0. The van der Waals surface area contributed by atoms with Gasteiger partial charge in [-0.25, -0.2) is 8.42 Å². The number of rotatable bonds is 7. The quantitative estimate of drug-likeness (QED) is 0.479. The lowest BCUT2D eigenvalue weighted by atomic mass is 10.2. The highest BCUT2D eigenvalue weighted by Gasteiger charge is 2.26. The maximum absolute atomic E-state index is 12.8.